The fraction of sp³-hybridized carbons (Fsp3) is 0.538. The van der Waals surface area contributed by atoms with Crippen LogP contribution in [0, 0.1) is 5.92 Å². The van der Waals surface area contributed by atoms with E-state index in [1.165, 1.54) is 18.4 Å². The van der Waals surface area contributed by atoms with Crippen molar-refractivity contribution in [3.63, 3.8) is 0 Å². The van der Waals surface area contributed by atoms with Crippen molar-refractivity contribution in [3.8, 4) is 0 Å². The van der Waals surface area contributed by atoms with Crippen LogP contribution in [0.25, 0.3) is 0 Å². The number of hydrogen-bond donors (Lipinski definition) is 1. The molecule has 1 rings (SSSR count). The zero-order valence-corrected chi connectivity index (χ0v) is 9.46. The lowest BCUT2D eigenvalue weighted by Gasteiger charge is -2.16. The van der Waals surface area contributed by atoms with Gasteiger partial charge in [-0.3, -0.25) is 0 Å². The zero-order valence-electron chi connectivity index (χ0n) is 9.46. The van der Waals surface area contributed by atoms with E-state index in [9.17, 15) is 0 Å². The summed E-state index contributed by atoms with van der Waals surface area (Å²) in [5, 5.41) is 3.28. The second kappa shape index (κ2) is 5.82. The molecule has 0 saturated carbocycles. The summed E-state index contributed by atoms with van der Waals surface area (Å²) in [6.07, 6.45) is 2.43. The third-order valence-corrected chi connectivity index (χ3v) is 2.68. The van der Waals surface area contributed by atoms with Crippen molar-refractivity contribution < 1.29 is 0 Å². The molecule has 0 fully saturated rings. The molecular weight excluding hydrogens is 170 g/mol. The van der Waals surface area contributed by atoms with Crippen LogP contribution >= 0.6 is 0 Å². The van der Waals surface area contributed by atoms with Gasteiger partial charge in [0.15, 0.2) is 0 Å². The van der Waals surface area contributed by atoms with E-state index < -0.39 is 0 Å². The summed E-state index contributed by atoms with van der Waals surface area (Å²) >= 11 is 0. The molecule has 0 aliphatic carbocycles. The van der Waals surface area contributed by atoms with Gasteiger partial charge in [-0.25, -0.2) is 0 Å². The second-order valence-corrected chi connectivity index (χ2v) is 4.22. The maximum absolute atomic E-state index is 3.28. The van der Waals surface area contributed by atoms with Crippen LogP contribution in [-0.4, -0.2) is 13.1 Å². The van der Waals surface area contributed by atoms with Crippen molar-refractivity contribution in [2.45, 2.75) is 32.7 Å². The third-order valence-electron chi connectivity index (χ3n) is 2.68. The van der Waals surface area contributed by atoms with E-state index in [4.69, 9.17) is 0 Å². The highest BCUT2D eigenvalue weighted by Gasteiger charge is 2.07. The first kappa shape index (κ1) is 11.3. The minimum absolute atomic E-state index is 0.619. The van der Waals surface area contributed by atoms with Crippen molar-refractivity contribution in [3.05, 3.63) is 35.9 Å². The molecule has 1 nitrogen and oxygen atoms in total. The fourth-order valence-electron chi connectivity index (χ4n) is 1.82. The Hall–Kier alpha value is -0.820. The van der Waals surface area contributed by atoms with E-state index in [-0.39, 0.29) is 0 Å². The van der Waals surface area contributed by atoms with E-state index in [0.717, 1.165) is 5.92 Å². The van der Waals surface area contributed by atoms with E-state index in [1.807, 2.05) is 7.05 Å². The fourth-order valence-corrected chi connectivity index (χ4v) is 1.82. The summed E-state index contributed by atoms with van der Waals surface area (Å²) in [6.45, 7) is 4.56. The van der Waals surface area contributed by atoms with Gasteiger partial charge in [-0.15, -0.1) is 0 Å². The lowest BCUT2D eigenvalue weighted by molar-refractivity contribution is 0.440. The Morgan fingerprint density at radius 2 is 1.79 bits per heavy atom. The van der Waals surface area contributed by atoms with E-state index in [0.29, 0.717) is 6.04 Å². The van der Waals surface area contributed by atoms with Gasteiger partial charge in [0, 0.05) is 6.04 Å². The van der Waals surface area contributed by atoms with Crippen LogP contribution in [0.2, 0.25) is 0 Å². The quantitative estimate of drug-likeness (QED) is 0.754. The van der Waals surface area contributed by atoms with Gasteiger partial charge in [0.1, 0.15) is 0 Å². The first-order valence-electron chi connectivity index (χ1n) is 5.43. The van der Waals surface area contributed by atoms with Crippen LogP contribution in [0.5, 0.6) is 0 Å². The highest BCUT2D eigenvalue weighted by atomic mass is 14.8. The number of nitrogens with one attached hydrogen (secondary N) is 1. The minimum atomic E-state index is 0.619. The Kier molecular flexibility index (Phi) is 4.68. The molecule has 0 spiro atoms. The van der Waals surface area contributed by atoms with E-state index in [2.05, 4.69) is 49.5 Å². The number of benzene rings is 1. The lowest BCUT2D eigenvalue weighted by Crippen LogP contribution is -2.24. The largest absolute Gasteiger partial charge is 0.317 e. The van der Waals surface area contributed by atoms with Gasteiger partial charge in [-0.1, -0.05) is 37.3 Å². The summed E-state index contributed by atoms with van der Waals surface area (Å²) in [5.74, 6) is 0.750. The van der Waals surface area contributed by atoms with Crippen molar-refractivity contribution in [1.29, 1.82) is 0 Å². The molecule has 78 valence electrons. The van der Waals surface area contributed by atoms with Crippen LogP contribution in [-0.2, 0) is 6.42 Å². The number of hydrogen-bond acceptors (Lipinski definition) is 1. The van der Waals surface area contributed by atoms with Crippen molar-refractivity contribution >= 4 is 0 Å². The highest BCUT2D eigenvalue weighted by molar-refractivity contribution is 5.15. The SMILES string of the molecule is CNC(C)CC(C)Cc1ccccc1. The molecule has 0 bridgehead atoms. The molecule has 1 N–H and O–H groups in total. The summed E-state index contributed by atoms with van der Waals surface area (Å²) in [7, 11) is 2.03. The van der Waals surface area contributed by atoms with Gasteiger partial charge in [0.25, 0.3) is 0 Å². The van der Waals surface area contributed by atoms with Crippen molar-refractivity contribution in [2.24, 2.45) is 5.92 Å². The smallest absolute Gasteiger partial charge is 0.00383 e. The molecule has 2 atom stereocenters. The molecule has 0 amide bonds. The normalized spacial score (nSPS) is 15.1. The lowest BCUT2D eigenvalue weighted by atomic mass is 9.95. The van der Waals surface area contributed by atoms with Crippen LogP contribution in [0.3, 0.4) is 0 Å². The highest BCUT2D eigenvalue weighted by Crippen LogP contribution is 2.13. The summed E-state index contributed by atoms with van der Waals surface area (Å²) in [4.78, 5) is 0. The molecule has 1 heteroatoms. The molecule has 0 aliphatic heterocycles. The average Bonchev–Trinajstić information content (AvgIpc) is 2.19. The van der Waals surface area contributed by atoms with Gasteiger partial charge < -0.3 is 5.32 Å². The Morgan fingerprint density at radius 1 is 1.14 bits per heavy atom. The van der Waals surface area contributed by atoms with Gasteiger partial charge in [-0.2, -0.15) is 0 Å². The Bertz CT molecular complexity index is 243. The van der Waals surface area contributed by atoms with Crippen molar-refractivity contribution in [2.75, 3.05) is 7.05 Å². The van der Waals surface area contributed by atoms with Gasteiger partial charge in [-0.05, 0) is 38.3 Å². The summed E-state index contributed by atoms with van der Waals surface area (Å²) in [5.41, 5.74) is 1.45. The van der Waals surface area contributed by atoms with E-state index >= 15 is 0 Å². The maximum atomic E-state index is 3.28. The van der Waals surface area contributed by atoms with Crippen LogP contribution < -0.4 is 5.32 Å². The third kappa shape index (κ3) is 3.93. The topological polar surface area (TPSA) is 12.0 Å². The summed E-state index contributed by atoms with van der Waals surface area (Å²) < 4.78 is 0. The standard InChI is InChI=1S/C13H21N/c1-11(9-12(2)14-3)10-13-7-5-4-6-8-13/h4-8,11-12,14H,9-10H2,1-3H3. The molecule has 1 aromatic rings. The van der Waals surface area contributed by atoms with Crippen molar-refractivity contribution in [1.82, 2.24) is 5.32 Å². The molecular formula is C13H21N. The number of rotatable bonds is 5. The second-order valence-electron chi connectivity index (χ2n) is 4.22. The first-order valence-corrected chi connectivity index (χ1v) is 5.43. The van der Waals surface area contributed by atoms with Gasteiger partial charge in [0.2, 0.25) is 0 Å². The van der Waals surface area contributed by atoms with Crippen LogP contribution in [0.1, 0.15) is 25.8 Å². The molecule has 0 heterocycles. The predicted octanol–water partition coefficient (Wildman–Crippen LogP) is 2.86. The molecule has 2 unspecified atom stereocenters. The molecule has 1 aromatic carbocycles. The zero-order chi connectivity index (χ0) is 10.4. The maximum Gasteiger partial charge on any atom is 0.00383 e. The Labute approximate surface area is 87.5 Å². The Morgan fingerprint density at radius 3 is 2.36 bits per heavy atom. The molecule has 0 saturated heterocycles. The molecule has 0 radical (unpaired) electrons. The average molecular weight is 191 g/mol. The molecule has 0 aliphatic rings. The van der Waals surface area contributed by atoms with Crippen LogP contribution in [0.15, 0.2) is 30.3 Å². The predicted molar refractivity (Wildman–Crippen MR) is 62.4 cm³/mol. The van der Waals surface area contributed by atoms with Gasteiger partial charge >= 0.3 is 0 Å². The minimum Gasteiger partial charge on any atom is -0.317 e. The van der Waals surface area contributed by atoms with Gasteiger partial charge in [0.05, 0.1) is 0 Å². The summed E-state index contributed by atoms with van der Waals surface area (Å²) in [6, 6.07) is 11.3. The monoisotopic (exact) mass is 191 g/mol. The molecule has 0 aromatic heterocycles. The van der Waals surface area contributed by atoms with Crippen LogP contribution in [0.4, 0.5) is 0 Å². The molecule has 14 heavy (non-hydrogen) atoms. The Balaban J connectivity index is 2.37. The van der Waals surface area contributed by atoms with E-state index in [1.54, 1.807) is 0 Å². The first-order chi connectivity index (χ1) is 6.72.